The lowest BCUT2D eigenvalue weighted by Crippen LogP contribution is -2.35. The molecule has 1 aliphatic rings. The van der Waals surface area contributed by atoms with Crippen LogP contribution in [0.4, 0.5) is 5.69 Å². The number of hydrogen-bond acceptors (Lipinski definition) is 6. The molecule has 2 aromatic rings. The minimum absolute atomic E-state index is 0.178. The van der Waals surface area contributed by atoms with Crippen molar-refractivity contribution in [3.8, 4) is 0 Å². The van der Waals surface area contributed by atoms with Gasteiger partial charge in [0.15, 0.2) is 0 Å². The van der Waals surface area contributed by atoms with Gasteiger partial charge in [0.25, 0.3) is 0 Å². The summed E-state index contributed by atoms with van der Waals surface area (Å²) in [7, 11) is 1.35. The summed E-state index contributed by atoms with van der Waals surface area (Å²) in [5.41, 5.74) is 3.53. The number of amides is 1. The highest BCUT2D eigenvalue weighted by molar-refractivity contribution is 7.09. The van der Waals surface area contributed by atoms with Gasteiger partial charge in [-0.05, 0) is 19.8 Å². The largest absolute Gasteiger partial charge is 0.469 e. The summed E-state index contributed by atoms with van der Waals surface area (Å²) in [6.07, 6.45) is 9.20. The SMILES string of the molecule is COC(=O)C1CC=CCC1C(=O)Nc1cnn(CCc2scnc2C)c1. The third-order valence-corrected chi connectivity index (χ3v) is 5.58. The summed E-state index contributed by atoms with van der Waals surface area (Å²) >= 11 is 1.64. The topological polar surface area (TPSA) is 86.1 Å². The van der Waals surface area contributed by atoms with Crippen molar-refractivity contribution in [1.82, 2.24) is 14.8 Å². The van der Waals surface area contributed by atoms with E-state index in [0.717, 1.165) is 18.7 Å². The number of allylic oxidation sites excluding steroid dienone is 2. The molecule has 0 aliphatic heterocycles. The molecule has 3 rings (SSSR count). The van der Waals surface area contributed by atoms with Crippen molar-refractivity contribution < 1.29 is 14.3 Å². The number of carbonyl (C=O) groups is 2. The van der Waals surface area contributed by atoms with E-state index in [9.17, 15) is 9.59 Å². The van der Waals surface area contributed by atoms with Gasteiger partial charge in [-0.25, -0.2) is 4.98 Å². The number of anilines is 1. The quantitative estimate of drug-likeness (QED) is 0.620. The van der Waals surface area contributed by atoms with Gasteiger partial charge in [0.05, 0.1) is 42.0 Å². The van der Waals surface area contributed by atoms with Crippen LogP contribution in [0.5, 0.6) is 0 Å². The summed E-state index contributed by atoms with van der Waals surface area (Å²) < 4.78 is 6.63. The fourth-order valence-corrected chi connectivity index (χ4v) is 3.85. The Balaban J connectivity index is 1.59. The second-order valence-electron chi connectivity index (χ2n) is 6.27. The first-order chi connectivity index (χ1) is 12.6. The molecule has 0 spiro atoms. The summed E-state index contributed by atoms with van der Waals surface area (Å²) in [6.45, 7) is 2.72. The molecule has 138 valence electrons. The molecule has 7 nitrogen and oxygen atoms in total. The molecule has 0 aromatic carbocycles. The van der Waals surface area contributed by atoms with E-state index in [2.05, 4.69) is 15.4 Å². The molecule has 0 fully saturated rings. The number of methoxy groups -OCH3 is 1. The maximum atomic E-state index is 12.6. The number of thiazole rings is 1. The molecule has 0 saturated heterocycles. The van der Waals surface area contributed by atoms with Gasteiger partial charge in [-0.2, -0.15) is 5.10 Å². The molecule has 2 heterocycles. The number of nitrogens with one attached hydrogen (secondary N) is 1. The Hall–Kier alpha value is -2.48. The van der Waals surface area contributed by atoms with Crippen LogP contribution in [0, 0.1) is 18.8 Å². The van der Waals surface area contributed by atoms with Crippen LogP contribution in [0.1, 0.15) is 23.4 Å². The molecule has 2 aromatic heterocycles. The number of nitrogens with zero attached hydrogens (tertiary/aromatic N) is 3. The van der Waals surface area contributed by atoms with Crippen LogP contribution in [0.3, 0.4) is 0 Å². The Bertz CT molecular complexity index is 811. The zero-order valence-electron chi connectivity index (χ0n) is 14.8. The van der Waals surface area contributed by atoms with E-state index in [0.29, 0.717) is 18.5 Å². The van der Waals surface area contributed by atoms with Gasteiger partial charge in [0.2, 0.25) is 5.91 Å². The molecule has 1 amide bonds. The summed E-state index contributed by atoms with van der Waals surface area (Å²) in [5.74, 6) is -1.38. The first-order valence-corrected chi connectivity index (χ1v) is 9.41. The highest BCUT2D eigenvalue weighted by Crippen LogP contribution is 2.28. The zero-order chi connectivity index (χ0) is 18.5. The van der Waals surface area contributed by atoms with Crippen molar-refractivity contribution in [2.45, 2.75) is 32.7 Å². The maximum Gasteiger partial charge on any atom is 0.309 e. The standard InChI is InChI=1S/C18H22N4O3S/c1-12-16(26-11-19-12)7-8-22-10-13(9-20-22)21-17(23)14-5-3-4-6-15(14)18(24)25-2/h3-4,9-11,14-15H,5-8H2,1-2H3,(H,21,23). The molecule has 1 aliphatic carbocycles. The lowest BCUT2D eigenvalue weighted by Gasteiger charge is -2.25. The molecule has 2 atom stereocenters. The first-order valence-electron chi connectivity index (χ1n) is 8.53. The second kappa shape index (κ2) is 8.27. The fraction of sp³-hybridized carbons (Fsp3) is 0.444. The second-order valence-corrected chi connectivity index (χ2v) is 7.21. The van der Waals surface area contributed by atoms with Crippen molar-refractivity contribution in [2.75, 3.05) is 12.4 Å². The lowest BCUT2D eigenvalue weighted by atomic mass is 9.82. The summed E-state index contributed by atoms with van der Waals surface area (Å²) in [4.78, 5) is 30.0. The number of ether oxygens (including phenoxy) is 1. The van der Waals surface area contributed by atoms with E-state index < -0.39 is 11.8 Å². The molecule has 0 bridgehead atoms. The van der Waals surface area contributed by atoms with Crippen molar-refractivity contribution in [2.24, 2.45) is 11.8 Å². The van der Waals surface area contributed by atoms with Gasteiger partial charge < -0.3 is 10.1 Å². The van der Waals surface area contributed by atoms with Crippen LogP contribution in [-0.4, -0.2) is 33.8 Å². The van der Waals surface area contributed by atoms with E-state index in [-0.39, 0.29) is 11.9 Å². The number of carbonyl (C=O) groups excluding carboxylic acids is 2. The molecule has 0 saturated carbocycles. The predicted octanol–water partition coefficient (Wildman–Crippen LogP) is 2.58. The minimum Gasteiger partial charge on any atom is -0.469 e. The van der Waals surface area contributed by atoms with E-state index in [1.807, 2.05) is 24.6 Å². The smallest absolute Gasteiger partial charge is 0.309 e. The van der Waals surface area contributed by atoms with Crippen molar-refractivity contribution in [3.05, 3.63) is 40.6 Å². The number of aromatic nitrogens is 3. The first kappa shape index (κ1) is 18.3. The van der Waals surface area contributed by atoms with Crippen LogP contribution in [0.15, 0.2) is 30.1 Å². The fourth-order valence-electron chi connectivity index (χ4n) is 3.08. The summed E-state index contributed by atoms with van der Waals surface area (Å²) in [6, 6.07) is 0. The normalized spacial score (nSPS) is 19.3. The Labute approximate surface area is 156 Å². The third-order valence-electron chi connectivity index (χ3n) is 4.59. The van der Waals surface area contributed by atoms with Crippen LogP contribution < -0.4 is 5.32 Å². The van der Waals surface area contributed by atoms with Crippen LogP contribution in [0.2, 0.25) is 0 Å². The molecular weight excluding hydrogens is 352 g/mol. The molecule has 0 radical (unpaired) electrons. The number of hydrogen-bond donors (Lipinski definition) is 1. The van der Waals surface area contributed by atoms with E-state index in [4.69, 9.17) is 4.74 Å². The van der Waals surface area contributed by atoms with Gasteiger partial charge >= 0.3 is 5.97 Å². The molecule has 2 unspecified atom stereocenters. The van der Waals surface area contributed by atoms with Gasteiger partial charge in [0.1, 0.15) is 0 Å². The molecule has 1 N–H and O–H groups in total. The molecular formula is C18H22N4O3S. The monoisotopic (exact) mass is 374 g/mol. The number of aryl methyl sites for hydroxylation is 3. The van der Waals surface area contributed by atoms with E-state index in [1.165, 1.54) is 12.0 Å². The molecule has 8 heteroatoms. The number of esters is 1. The van der Waals surface area contributed by atoms with Gasteiger partial charge in [-0.3, -0.25) is 14.3 Å². The van der Waals surface area contributed by atoms with Crippen LogP contribution in [0.25, 0.3) is 0 Å². The Kier molecular flexibility index (Phi) is 5.82. The average Bonchev–Trinajstić information content (AvgIpc) is 3.27. The minimum atomic E-state index is -0.436. The van der Waals surface area contributed by atoms with E-state index in [1.54, 1.807) is 28.4 Å². The zero-order valence-corrected chi connectivity index (χ0v) is 15.7. The Morgan fingerprint density at radius 2 is 2.12 bits per heavy atom. The average molecular weight is 374 g/mol. The third kappa shape index (κ3) is 4.19. The maximum absolute atomic E-state index is 12.6. The predicted molar refractivity (Wildman–Crippen MR) is 98.8 cm³/mol. The highest BCUT2D eigenvalue weighted by atomic mass is 32.1. The van der Waals surface area contributed by atoms with Crippen LogP contribution in [-0.2, 0) is 27.3 Å². The van der Waals surface area contributed by atoms with Gasteiger partial charge in [0, 0.05) is 24.0 Å². The van der Waals surface area contributed by atoms with Crippen molar-refractivity contribution in [1.29, 1.82) is 0 Å². The van der Waals surface area contributed by atoms with Crippen LogP contribution >= 0.6 is 11.3 Å². The van der Waals surface area contributed by atoms with Crippen molar-refractivity contribution >= 4 is 28.9 Å². The summed E-state index contributed by atoms with van der Waals surface area (Å²) in [5, 5.41) is 7.17. The Morgan fingerprint density at radius 1 is 1.35 bits per heavy atom. The van der Waals surface area contributed by atoms with Crippen molar-refractivity contribution in [3.63, 3.8) is 0 Å². The van der Waals surface area contributed by atoms with Gasteiger partial charge in [-0.1, -0.05) is 12.2 Å². The van der Waals surface area contributed by atoms with Gasteiger partial charge in [-0.15, -0.1) is 11.3 Å². The molecule has 26 heavy (non-hydrogen) atoms. The van der Waals surface area contributed by atoms with E-state index >= 15 is 0 Å². The number of rotatable bonds is 6. The highest BCUT2D eigenvalue weighted by Gasteiger charge is 2.34. The Morgan fingerprint density at radius 3 is 2.81 bits per heavy atom. The lowest BCUT2D eigenvalue weighted by molar-refractivity contribution is -0.149.